The molecule has 20 heavy (non-hydrogen) atoms. The van der Waals surface area contributed by atoms with Gasteiger partial charge in [0.05, 0.1) is 0 Å². The highest BCUT2D eigenvalue weighted by atomic mass is 35.5. The lowest BCUT2D eigenvalue weighted by Crippen LogP contribution is -2.36. The van der Waals surface area contributed by atoms with Crippen molar-refractivity contribution in [3.8, 4) is 0 Å². The first-order valence-electron chi connectivity index (χ1n) is 7.30. The third-order valence-corrected chi connectivity index (χ3v) is 4.42. The quantitative estimate of drug-likeness (QED) is 0.872. The summed E-state index contributed by atoms with van der Waals surface area (Å²) in [5.41, 5.74) is 4.27. The molecule has 0 saturated carbocycles. The second kappa shape index (κ2) is 5.99. The summed E-state index contributed by atoms with van der Waals surface area (Å²) in [7, 11) is 0. The maximum Gasteiger partial charge on any atom is 0.0409 e. The minimum Gasteiger partial charge on any atom is -0.307 e. The molecule has 2 heteroatoms. The zero-order valence-corrected chi connectivity index (χ0v) is 12.5. The number of nitrogens with one attached hydrogen (secondary N) is 1. The van der Waals surface area contributed by atoms with Crippen LogP contribution in [0.15, 0.2) is 48.5 Å². The lowest BCUT2D eigenvalue weighted by atomic mass is 9.88. The molecule has 1 aliphatic carbocycles. The fraction of sp³-hybridized carbons (Fsp3) is 0.333. The highest BCUT2D eigenvalue weighted by Gasteiger charge is 2.20. The van der Waals surface area contributed by atoms with Crippen LogP contribution in [0.3, 0.4) is 0 Å². The van der Waals surface area contributed by atoms with Crippen molar-refractivity contribution < 1.29 is 0 Å². The number of hydrogen-bond donors (Lipinski definition) is 1. The van der Waals surface area contributed by atoms with Gasteiger partial charge in [0, 0.05) is 17.1 Å². The van der Waals surface area contributed by atoms with E-state index in [0.29, 0.717) is 12.1 Å². The molecule has 0 amide bonds. The molecule has 2 unspecified atom stereocenters. The van der Waals surface area contributed by atoms with E-state index in [1.807, 2.05) is 12.1 Å². The smallest absolute Gasteiger partial charge is 0.0409 e. The highest BCUT2D eigenvalue weighted by Crippen LogP contribution is 2.24. The van der Waals surface area contributed by atoms with Crippen LogP contribution in [-0.2, 0) is 12.8 Å². The van der Waals surface area contributed by atoms with E-state index >= 15 is 0 Å². The summed E-state index contributed by atoms with van der Waals surface area (Å²) in [5.74, 6) is 0. The molecule has 0 fully saturated rings. The number of fused-ring (bicyclic) bond motifs is 1. The fourth-order valence-electron chi connectivity index (χ4n) is 3.07. The Hall–Kier alpha value is -1.31. The monoisotopic (exact) mass is 285 g/mol. The first-order valence-corrected chi connectivity index (χ1v) is 7.68. The van der Waals surface area contributed by atoms with Crippen LogP contribution in [0.4, 0.5) is 0 Å². The van der Waals surface area contributed by atoms with Gasteiger partial charge >= 0.3 is 0 Å². The number of hydrogen-bond acceptors (Lipinski definition) is 1. The van der Waals surface area contributed by atoms with Crippen molar-refractivity contribution in [3.05, 3.63) is 70.2 Å². The molecular formula is C18H20ClN. The normalized spacial score (nSPS) is 19.4. The minimum atomic E-state index is 0.337. The summed E-state index contributed by atoms with van der Waals surface area (Å²) in [4.78, 5) is 0. The molecule has 0 aromatic heterocycles. The predicted octanol–water partition coefficient (Wildman–Crippen LogP) is 4.55. The van der Waals surface area contributed by atoms with Crippen LogP contribution in [0.25, 0.3) is 0 Å². The Morgan fingerprint density at radius 1 is 1.10 bits per heavy atom. The number of rotatable bonds is 3. The molecule has 0 saturated heterocycles. The number of halogens is 1. The van der Waals surface area contributed by atoms with Gasteiger partial charge in [-0.2, -0.15) is 0 Å². The highest BCUT2D eigenvalue weighted by molar-refractivity contribution is 6.30. The summed E-state index contributed by atoms with van der Waals surface area (Å²) < 4.78 is 0. The molecule has 2 atom stereocenters. The topological polar surface area (TPSA) is 12.0 Å². The molecule has 1 N–H and O–H groups in total. The van der Waals surface area contributed by atoms with E-state index in [4.69, 9.17) is 11.6 Å². The van der Waals surface area contributed by atoms with Gasteiger partial charge in [-0.05, 0) is 55.0 Å². The lowest BCUT2D eigenvalue weighted by Gasteiger charge is -2.28. The molecule has 104 valence electrons. The summed E-state index contributed by atoms with van der Waals surface area (Å²) in [6.07, 6.45) is 3.51. The van der Waals surface area contributed by atoms with Crippen LogP contribution < -0.4 is 5.32 Å². The largest absolute Gasteiger partial charge is 0.307 e. The van der Waals surface area contributed by atoms with Gasteiger partial charge in [0.1, 0.15) is 0 Å². The zero-order chi connectivity index (χ0) is 13.9. The second-order valence-corrected chi connectivity index (χ2v) is 6.09. The molecule has 0 aliphatic heterocycles. The van der Waals surface area contributed by atoms with Crippen LogP contribution >= 0.6 is 11.6 Å². The minimum absolute atomic E-state index is 0.337. The van der Waals surface area contributed by atoms with Crippen LogP contribution in [0, 0.1) is 0 Å². The first-order chi connectivity index (χ1) is 9.72. The zero-order valence-electron chi connectivity index (χ0n) is 11.8. The van der Waals surface area contributed by atoms with E-state index in [1.54, 1.807) is 0 Å². The third kappa shape index (κ3) is 3.05. The average molecular weight is 286 g/mol. The maximum absolute atomic E-state index is 6.07. The predicted molar refractivity (Wildman–Crippen MR) is 85.3 cm³/mol. The van der Waals surface area contributed by atoms with E-state index in [0.717, 1.165) is 11.4 Å². The van der Waals surface area contributed by atoms with Gasteiger partial charge in [-0.15, -0.1) is 0 Å². The Morgan fingerprint density at radius 2 is 1.90 bits per heavy atom. The van der Waals surface area contributed by atoms with Gasteiger partial charge in [-0.3, -0.25) is 0 Å². The Bertz CT molecular complexity index is 593. The van der Waals surface area contributed by atoms with Gasteiger partial charge < -0.3 is 5.32 Å². The summed E-state index contributed by atoms with van der Waals surface area (Å²) in [6, 6.07) is 17.8. The van der Waals surface area contributed by atoms with Gasteiger partial charge in [0.2, 0.25) is 0 Å². The molecule has 1 aliphatic rings. The van der Waals surface area contributed by atoms with E-state index in [9.17, 15) is 0 Å². The third-order valence-electron chi connectivity index (χ3n) is 4.18. The van der Waals surface area contributed by atoms with Crippen molar-refractivity contribution in [1.82, 2.24) is 5.32 Å². The maximum atomic E-state index is 6.07. The van der Waals surface area contributed by atoms with Crippen molar-refractivity contribution in [3.63, 3.8) is 0 Å². The Kier molecular flexibility index (Phi) is 4.09. The van der Waals surface area contributed by atoms with E-state index in [1.165, 1.54) is 29.5 Å². The Balaban J connectivity index is 1.67. The molecular weight excluding hydrogens is 266 g/mol. The summed E-state index contributed by atoms with van der Waals surface area (Å²) >= 11 is 6.07. The standard InChI is InChI=1S/C18H20ClN/c1-13(15-7-4-8-17(19)11-15)20-18-10-9-14-5-2-3-6-16(14)12-18/h2-8,11,13,18,20H,9-10,12H2,1H3. The molecule has 0 radical (unpaired) electrons. The van der Waals surface area contributed by atoms with E-state index in [-0.39, 0.29) is 0 Å². The fourth-order valence-corrected chi connectivity index (χ4v) is 3.26. The molecule has 2 aromatic carbocycles. The molecule has 1 nitrogen and oxygen atoms in total. The molecule has 2 aromatic rings. The van der Waals surface area contributed by atoms with Crippen LogP contribution in [0.2, 0.25) is 5.02 Å². The van der Waals surface area contributed by atoms with Gasteiger partial charge in [0.15, 0.2) is 0 Å². The van der Waals surface area contributed by atoms with Crippen LogP contribution in [0.1, 0.15) is 36.1 Å². The summed E-state index contributed by atoms with van der Waals surface area (Å²) in [5, 5.41) is 4.55. The first kappa shape index (κ1) is 13.7. The molecule has 0 spiro atoms. The molecule has 3 rings (SSSR count). The Labute approximate surface area is 126 Å². The van der Waals surface area contributed by atoms with Gasteiger partial charge in [0.25, 0.3) is 0 Å². The van der Waals surface area contributed by atoms with Crippen molar-refractivity contribution in [2.75, 3.05) is 0 Å². The average Bonchev–Trinajstić information content (AvgIpc) is 2.47. The van der Waals surface area contributed by atoms with E-state index in [2.05, 4.69) is 48.6 Å². The second-order valence-electron chi connectivity index (χ2n) is 5.65. The van der Waals surface area contributed by atoms with Gasteiger partial charge in [-0.25, -0.2) is 0 Å². The van der Waals surface area contributed by atoms with Crippen molar-refractivity contribution in [2.45, 2.75) is 38.3 Å². The van der Waals surface area contributed by atoms with Crippen molar-refractivity contribution >= 4 is 11.6 Å². The van der Waals surface area contributed by atoms with Crippen molar-refractivity contribution in [1.29, 1.82) is 0 Å². The Morgan fingerprint density at radius 3 is 2.70 bits per heavy atom. The molecule has 0 heterocycles. The lowest BCUT2D eigenvalue weighted by molar-refractivity contribution is 0.414. The molecule has 0 bridgehead atoms. The van der Waals surface area contributed by atoms with Crippen LogP contribution in [-0.4, -0.2) is 6.04 Å². The van der Waals surface area contributed by atoms with Crippen molar-refractivity contribution in [2.24, 2.45) is 0 Å². The van der Waals surface area contributed by atoms with E-state index < -0.39 is 0 Å². The number of benzene rings is 2. The van der Waals surface area contributed by atoms with Crippen LogP contribution in [0.5, 0.6) is 0 Å². The SMILES string of the molecule is CC(NC1CCc2ccccc2C1)c1cccc(Cl)c1. The number of aryl methyl sites for hydroxylation is 1. The van der Waals surface area contributed by atoms with Gasteiger partial charge in [-0.1, -0.05) is 48.0 Å². The summed E-state index contributed by atoms with van der Waals surface area (Å²) in [6.45, 7) is 2.21.